The van der Waals surface area contributed by atoms with Gasteiger partial charge in [0.05, 0.1) is 0 Å². The first-order chi connectivity index (χ1) is 11.6. The highest BCUT2D eigenvalue weighted by Crippen LogP contribution is 2.71. The van der Waals surface area contributed by atoms with Crippen molar-refractivity contribution in [1.82, 2.24) is 0 Å². The Kier molecular flexibility index (Phi) is 2.92. The van der Waals surface area contributed by atoms with E-state index in [9.17, 15) is 0 Å². The Hall–Kier alpha value is -0.260. The van der Waals surface area contributed by atoms with E-state index in [0.29, 0.717) is 10.8 Å². The van der Waals surface area contributed by atoms with Crippen LogP contribution in [0.15, 0.2) is 11.1 Å². The molecule has 0 aromatic carbocycles. The Balaban J connectivity index is 1.55. The van der Waals surface area contributed by atoms with Crippen molar-refractivity contribution < 1.29 is 0 Å². The molecule has 132 valence electrons. The van der Waals surface area contributed by atoms with Gasteiger partial charge in [0.1, 0.15) is 0 Å². The molecule has 0 spiro atoms. The highest BCUT2D eigenvalue weighted by Gasteiger charge is 2.59. The maximum Gasteiger partial charge on any atom is -0.00797 e. The van der Waals surface area contributed by atoms with Crippen LogP contribution in [0.3, 0.4) is 0 Å². The highest BCUT2D eigenvalue weighted by atomic mass is 14.6. The summed E-state index contributed by atoms with van der Waals surface area (Å²) in [5.41, 5.74) is 5.59. The molecule has 0 heteroatoms. The monoisotopic (exact) mass is 324 g/mol. The molecule has 0 aromatic rings. The molecule has 8 rings (SSSR count). The summed E-state index contributed by atoms with van der Waals surface area (Å²) in [6.45, 7) is 5.09. The van der Waals surface area contributed by atoms with Gasteiger partial charge < -0.3 is 0 Å². The SMILES string of the molecule is CCC12C[C@@H]3CC(C[C@@H](C3)C1)/C2=C1/C2C[C@@H]3C[C@H](C2)CC1(CC)C3. The minimum absolute atomic E-state index is 0.668. The van der Waals surface area contributed by atoms with Crippen molar-refractivity contribution in [3.05, 3.63) is 11.1 Å². The molecule has 0 heterocycles. The standard InChI is InChI=1S/C24H36/c1-3-23-11-15-5-16(12-23)8-19(7-15)21(23)22-20-9-17-6-18(10-20)14-24(22,4-2)13-17/h15-20H,3-14H2,1-2H3/b22-21+/t15-,16+,17-,18+,19?,20?,23?,24?. The van der Waals surface area contributed by atoms with Gasteiger partial charge in [0.2, 0.25) is 0 Å². The lowest BCUT2D eigenvalue weighted by atomic mass is 9.40. The smallest absolute Gasteiger partial charge is 0.00797 e. The average molecular weight is 325 g/mol. The number of rotatable bonds is 2. The van der Waals surface area contributed by atoms with Gasteiger partial charge in [-0.1, -0.05) is 25.0 Å². The molecule has 8 fully saturated rings. The summed E-state index contributed by atoms with van der Waals surface area (Å²) in [5.74, 6) is 6.43. The van der Waals surface area contributed by atoms with Crippen molar-refractivity contribution in [2.75, 3.05) is 0 Å². The second-order valence-electron chi connectivity index (χ2n) is 11.2. The Morgan fingerprint density at radius 2 is 0.917 bits per heavy atom. The Morgan fingerprint density at radius 1 is 0.583 bits per heavy atom. The molecule has 0 nitrogen and oxygen atoms in total. The molecular weight excluding hydrogens is 288 g/mol. The Morgan fingerprint density at radius 3 is 1.21 bits per heavy atom. The first-order valence-electron chi connectivity index (χ1n) is 11.4. The van der Waals surface area contributed by atoms with Crippen LogP contribution >= 0.6 is 0 Å². The topological polar surface area (TPSA) is 0 Å². The molecule has 0 radical (unpaired) electrons. The molecule has 8 atom stereocenters. The maximum atomic E-state index is 2.54. The van der Waals surface area contributed by atoms with E-state index in [4.69, 9.17) is 0 Å². The van der Waals surface area contributed by atoms with Crippen LogP contribution in [0.2, 0.25) is 0 Å². The molecule has 8 aliphatic carbocycles. The highest BCUT2D eigenvalue weighted by molar-refractivity contribution is 5.39. The summed E-state index contributed by atoms with van der Waals surface area (Å²) in [7, 11) is 0. The van der Waals surface area contributed by atoms with Crippen LogP contribution in [0.4, 0.5) is 0 Å². The zero-order valence-electron chi connectivity index (χ0n) is 15.9. The fourth-order valence-corrected chi connectivity index (χ4v) is 9.92. The average Bonchev–Trinajstić information content (AvgIpc) is 2.55. The van der Waals surface area contributed by atoms with E-state index >= 15 is 0 Å². The van der Waals surface area contributed by atoms with Crippen LogP contribution in [-0.4, -0.2) is 0 Å². The minimum Gasteiger partial charge on any atom is -0.0645 e. The molecule has 0 saturated heterocycles. The molecule has 24 heavy (non-hydrogen) atoms. The van der Waals surface area contributed by atoms with Gasteiger partial charge in [-0.3, -0.25) is 0 Å². The second-order valence-corrected chi connectivity index (χ2v) is 11.2. The van der Waals surface area contributed by atoms with E-state index in [1.807, 2.05) is 0 Å². The molecule has 0 aliphatic heterocycles. The van der Waals surface area contributed by atoms with Gasteiger partial charge in [-0.25, -0.2) is 0 Å². The zero-order valence-corrected chi connectivity index (χ0v) is 15.9. The molecule has 4 unspecified atom stereocenters. The summed E-state index contributed by atoms with van der Waals surface area (Å²) < 4.78 is 0. The van der Waals surface area contributed by atoms with Crippen LogP contribution < -0.4 is 0 Å². The lowest BCUT2D eigenvalue weighted by Gasteiger charge is -2.65. The molecule has 0 aromatic heterocycles. The van der Waals surface area contributed by atoms with Gasteiger partial charge in [0.25, 0.3) is 0 Å². The van der Waals surface area contributed by atoms with Crippen molar-refractivity contribution in [1.29, 1.82) is 0 Å². The van der Waals surface area contributed by atoms with Crippen LogP contribution in [-0.2, 0) is 0 Å². The largest absolute Gasteiger partial charge is 0.0645 e. The first kappa shape index (κ1) is 14.9. The molecular formula is C24H36. The van der Waals surface area contributed by atoms with Gasteiger partial charge in [-0.15, -0.1) is 0 Å². The van der Waals surface area contributed by atoms with Crippen LogP contribution in [0.5, 0.6) is 0 Å². The third-order valence-electron chi connectivity index (χ3n) is 10.1. The van der Waals surface area contributed by atoms with E-state index in [1.54, 1.807) is 64.2 Å². The molecule has 8 aliphatic rings. The Bertz CT molecular complexity index is 515. The molecule has 0 amide bonds. The first-order valence-corrected chi connectivity index (χ1v) is 11.4. The van der Waals surface area contributed by atoms with E-state index in [0.717, 1.165) is 35.5 Å². The lowest BCUT2D eigenvalue weighted by molar-refractivity contribution is -0.0309. The normalized spacial score (nSPS) is 60.2. The third kappa shape index (κ3) is 1.72. The minimum atomic E-state index is 0.668. The second kappa shape index (κ2) is 4.72. The third-order valence-corrected chi connectivity index (χ3v) is 10.1. The zero-order chi connectivity index (χ0) is 16.1. The Labute approximate surface area is 148 Å². The van der Waals surface area contributed by atoms with Gasteiger partial charge in [-0.05, 0) is 123 Å². The fourth-order valence-electron chi connectivity index (χ4n) is 9.92. The summed E-state index contributed by atoms with van der Waals surface area (Å²) >= 11 is 0. The van der Waals surface area contributed by atoms with Gasteiger partial charge in [0, 0.05) is 0 Å². The van der Waals surface area contributed by atoms with Crippen LogP contribution in [0.25, 0.3) is 0 Å². The number of hydrogen-bond acceptors (Lipinski definition) is 0. The maximum absolute atomic E-state index is 2.54. The molecule has 8 bridgehead atoms. The van der Waals surface area contributed by atoms with E-state index < -0.39 is 0 Å². The quantitative estimate of drug-likeness (QED) is 0.492. The van der Waals surface area contributed by atoms with Crippen LogP contribution in [0, 0.1) is 46.3 Å². The van der Waals surface area contributed by atoms with Crippen molar-refractivity contribution in [3.8, 4) is 0 Å². The van der Waals surface area contributed by atoms with E-state index in [-0.39, 0.29) is 0 Å². The van der Waals surface area contributed by atoms with Crippen molar-refractivity contribution in [2.45, 2.75) is 90.9 Å². The predicted molar refractivity (Wildman–Crippen MR) is 99.6 cm³/mol. The number of hydrogen-bond donors (Lipinski definition) is 0. The summed E-state index contributed by atoms with van der Waals surface area (Å²) in [6, 6.07) is 0. The predicted octanol–water partition coefficient (Wildman–Crippen LogP) is 6.76. The molecule has 0 N–H and O–H groups in total. The molecule has 8 saturated carbocycles. The van der Waals surface area contributed by atoms with Crippen molar-refractivity contribution >= 4 is 0 Å². The van der Waals surface area contributed by atoms with Crippen molar-refractivity contribution in [2.24, 2.45) is 46.3 Å². The van der Waals surface area contributed by atoms with E-state index in [1.165, 1.54) is 12.8 Å². The van der Waals surface area contributed by atoms with E-state index in [2.05, 4.69) is 25.0 Å². The van der Waals surface area contributed by atoms with Gasteiger partial charge in [-0.2, -0.15) is 0 Å². The summed E-state index contributed by atoms with van der Waals surface area (Å²) in [5, 5.41) is 0. The fraction of sp³-hybridized carbons (Fsp3) is 0.917. The number of allylic oxidation sites excluding steroid dienone is 2. The van der Waals surface area contributed by atoms with Gasteiger partial charge >= 0.3 is 0 Å². The summed E-state index contributed by atoms with van der Waals surface area (Å²) in [6.07, 6.45) is 18.7. The summed E-state index contributed by atoms with van der Waals surface area (Å²) in [4.78, 5) is 0. The van der Waals surface area contributed by atoms with Crippen molar-refractivity contribution in [3.63, 3.8) is 0 Å². The van der Waals surface area contributed by atoms with Gasteiger partial charge in [0.15, 0.2) is 0 Å². The lowest BCUT2D eigenvalue weighted by Crippen LogP contribution is -2.53. The van der Waals surface area contributed by atoms with Crippen LogP contribution in [0.1, 0.15) is 90.9 Å².